The van der Waals surface area contributed by atoms with Gasteiger partial charge in [-0.05, 0) is 59.0 Å². The van der Waals surface area contributed by atoms with Crippen molar-refractivity contribution in [3.63, 3.8) is 0 Å². The van der Waals surface area contributed by atoms with Crippen molar-refractivity contribution in [1.29, 1.82) is 2.67 Å². The van der Waals surface area contributed by atoms with Gasteiger partial charge in [0, 0.05) is 30.9 Å². The fourth-order valence-corrected chi connectivity index (χ4v) is 5.94. The molecule has 0 aliphatic carbocycles. The van der Waals surface area contributed by atoms with Crippen LogP contribution in [0.4, 0.5) is 0 Å². The standard InChI is InChI=1S/C19H35BN3O6PS2/c1-12(2)21-7-6-14(4)28-30(5,31)29-15-8-17(27-16(15)10-26-32-11-20)23-9-13(3)18(24)22-19(23)25/h9,12,14-17,21H,6-8,10-11,20H2,1-5H3,(H,22,24,25)/t14-,15?,16?,17?,30?/m1/s1/i20TD. The molecule has 1 aromatic heterocycles. The number of ether oxygens (including phenoxy) is 1. The molecule has 13 heteroatoms. The zero-order valence-electron chi connectivity index (χ0n) is 21.2. The molecule has 2 rings (SSSR count). The second-order valence-electron chi connectivity index (χ2n) is 8.14. The molecule has 0 amide bonds. The minimum absolute atomic E-state index is 0.0963. The normalized spacial score (nSPS) is 24.8. The molecule has 1 aliphatic rings. The van der Waals surface area contributed by atoms with Gasteiger partial charge in [-0.15, -0.1) is 0 Å². The lowest BCUT2D eigenvalue weighted by Gasteiger charge is -2.27. The maximum atomic E-state index is 12.4. The van der Waals surface area contributed by atoms with Crippen molar-refractivity contribution in [2.24, 2.45) is 0 Å². The summed E-state index contributed by atoms with van der Waals surface area (Å²) in [5, 5.41) is 3.35. The van der Waals surface area contributed by atoms with Crippen molar-refractivity contribution in [3.8, 4) is 0 Å². The predicted molar refractivity (Wildman–Crippen MR) is 135 cm³/mol. The monoisotopic (exact) mass is 510 g/mol. The molecule has 1 aromatic rings. The molecule has 0 aromatic carbocycles. The topological polar surface area (TPSA) is 104 Å². The summed E-state index contributed by atoms with van der Waals surface area (Å²) in [4.78, 5) is 26.4. The maximum absolute atomic E-state index is 12.4. The van der Waals surface area contributed by atoms with Crippen molar-refractivity contribution in [1.82, 2.24) is 14.9 Å². The Kier molecular flexibility index (Phi) is 9.91. The first-order valence-corrected chi connectivity index (χ1v) is 14.6. The van der Waals surface area contributed by atoms with E-state index in [2.05, 4.69) is 24.1 Å². The Balaban J connectivity index is 2.09. The van der Waals surface area contributed by atoms with Crippen LogP contribution in [0.3, 0.4) is 0 Å². The lowest BCUT2D eigenvalue weighted by atomic mass is 10.2. The van der Waals surface area contributed by atoms with Crippen LogP contribution in [-0.4, -0.2) is 69.8 Å². The number of H-pyrrole nitrogens is 1. The molecule has 9 nitrogen and oxygen atoms in total. The molecule has 1 aliphatic heterocycles. The van der Waals surface area contributed by atoms with Gasteiger partial charge in [0.15, 0.2) is 6.49 Å². The fraction of sp³-hybridized carbons (Fsp3) is 0.789. The van der Waals surface area contributed by atoms with E-state index >= 15 is 0 Å². The molecule has 1 fully saturated rings. The minimum Gasteiger partial charge on any atom is -0.349 e. The average Bonchev–Trinajstić information content (AvgIpc) is 3.08. The Labute approximate surface area is 202 Å². The summed E-state index contributed by atoms with van der Waals surface area (Å²) in [5.41, 5.74) is -0.431. The van der Waals surface area contributed by atoms with Crippen molar-refractivity contribution < 1.29 is 18.0 Å². The molecule has 0 saturated carbocycles. The van der Waals surface area contributed by atoms with Crippen LogP contribution in [0.5, 0.6) is 0 Å². The van der Waals surface area contributed by atoms with E-state index in [1.54, 1.807) is 13.6 Å². The lowest BCUT2D eigenvalue weighted by molar-refractivity contribution is -0.0349. The van der Waals surface area contributed by atoms with E-state index in [9.17, 15) is 9.59 Å². The van der Waals surface area contributed by atoms with E-state index in [-0.39, 0.29) is 18.4 Å². The van der Waals surface area contributed by atoms with Gasteiger partial charge in [-0.2, -0.15) is 0 Å². The van der Waals surface area contributed by atoms with Crippen LogP contribution in [0.1, 0.15) is 45.4 Å². The third-order valence-electron chi connectivity index (χ3n) is 4.82. The maximum Gasteiger partial charge on any atom is 0.330 e. The summed E-state index contributed by atoms with van der Waals surface area (Å²) < 4.78 is 39.8. The van der Waals surface area contributed by atoms with Crippen molar-refractivity contribution in [3.05, 3.63) is 32.6 Å². The van der Waals surface area contributed by atoms with Crippen LogP contribution in [0.15, 0.2) is 15.8 Å². The number of nitrogens with one attached hydrogen (secondary N) is 2. The van der Waals surface area contributed by atoms with E-state index in [1.165, 1.54) is 10.8 Å². The molecule has 5 atom stereocenters. The highest BCUT2D eigenvalue weighted by Gasteiger charge is 2.40. The Hall–Kier alpha value is -0.455. The Morgan fingerprint density at radius 2 is 2.31 bits per heavy atom. The summed E-state index contributed by atoms with van der Waals surface area (Å²) in [6.45, 7) is 7.80. The molecular weight excluding hydrogens is 472 g/mol. The lowest BCUT2D eigenvalue weighted by Crippen LogP contribution is -2.33. The van der Waals surface area contributed by atoms with Crippen LogP contribution in [0.25, 0.3) is 0 Å². The summed E-state index contributed by atoms with van der Waals surface area (Å²) in [6.07, 6.45) is 0.764. The molecule has 0 radical (unpaired) electrons. The summed E-state index contributed by atoms with van der Waals surface area (Å²) in [5.74, 6) is 0. The first-order chi connectivity index (χ1) is 15.9. The van der Waals surface area contributed by atoms with Gasteiger partial charge >= 0.3 is 5.69 Å². The highest BCUT2D eigenvalue weighted by molar-refractivity contribution is 8.09. The summed E-state index contributed by atoms with van der Waals surface area (Å²) in [7, 11) is -1.00. The molecule has 2 N–H and O–H groups in total. The van der Waals surface area contributed by atoms with Gasteiger partial charge in [0.25, 0.3) is 5.56 Å². The van der Waals surface area contributed by atoms with E-state index in [1.807, 2.05) is 6.92 Å². The van der Waals surface area contributed by atoms with Crippen molar-refractivity contribution in [2.75, 3.05) is 25.5 Å². The molecule has 0 spiro atoms. The fourth-order valence-electron chi connectivity index (χ4n) is 3.32. The largest absolute Gasteiger partial charge is 0.349 e. The SMILES string of the molecule is [2H]B([3H])CSOCC1OC(n2cc(C)c(=O)[nH]c2=O)CC1OP(C)(=S)O[C@H](C)CCNC(C)C. The molecule has 32 heavy (non-hydrogen) atoms. The Morgan fingerprint density at radius 1 is 1.56 bits per heavy atom. The number of nitrogens with zero attached hydrogens (tertiary/aromatic N) is 1. The van der Waals surface area contributed by atoms with Crippen LogP contribution in [0.2, 0.25) is 0 Å². The number of hydrogen-bond donors (Lipinski definition) is 2. The second kappa shape index (κ2) is 12.9. The third-order valence-corrected chi connectivity index (χ3v) is 7.17. The van der Waals surface area contributed by atoms with Crippen LogP contribution in [-0.2, 0) is 29.8 Å². The molecule has 182 valence electrons. The van der Waals surface area contributed by atoms with Crippen molar-refractivity contribution >= 4 is 38.1 Å². The Bertz CT molecular complexity index is 953. The van der Waals surface area contributed by atoms with Gasteiger partial charge in [-0.1, -0.05) is 13.8 Å². The van der Waals surface area contributed by atoms with E-state index < -0.39 is 43.9 Å². The average molecular weight is 510 g/mol. The quantitative estimate of drug-likeness (QED) is 0.167. The van der Waals surface area contributed by atoms with Crippen LogP contribution in [0, 0.1) is 6.92 Å². The number of aryl methyl sites for hydroxylation is 1. The third kappa shape index (κ3) is 8.72. The Morgan fingerprint density at radius 3 is 3.00 bits per heavy atom. The molecule has 0 bridgehead atoms. The zero-order valence-corrected chi connectivity index (χ0v) is 21.8. The van der Waals surface area contributed by atoms with Gasteiger partial charge in [-0.25, -0.2) is 4.79 Å². The van der Waals surface area contributed by atoms with Gasteiger partial charge in [0.05, 0.1) is 18.8 Å². The number of rotatable bonds is 14. The van der Waals surface area contributed by atoms with Gasteiger partial charge in [-0.3, -0.25) is 14.3 Å². The van der Waals surface area contributed by atoms with Crippen LogP contribution >= 0.6 is 18.5 Å². The van der Waals surface area contributed by atoms with E-state index in [4.69, 9.17) is 32.4 Å². The van der Waals surface area contributed by atoms with Crippen molar-refractivity contribution in [2.45, 2.75) is 71.1 Å². The summed E-state index contributed by atoms with van der Waals surface area (Å²) >= 11 is 6.69. The molecule has 1 saturated heterocycles. The molecular formula is C19H35BN3O6PS2. The van der Waals surface area contributed by atoms with Gasteiger partial charge < -0.3 is 23.3 Å². The molecule has 4 unspecified atom stereocenters. The van der Waals surface area contributed by atoms with Crippen LogP contribution < -0.4 is 16.6 Å². The zero-order chi connectivity index (χ0) is 25.5. The minimum atomic E-state index is -2.64. The second-order valence-corrected chi connectivity index (χ2v) is 12.9. The number of aromatic nitrogens is 2. The van der Waals surface area contributed by atoms with E-state index in [0.29, 0.717) is 18.0 Å². The van der Waals surface area contributed by atoms with E-state index in [0.717, 1.165) is 25.0 Å². The predicted octanol–water partition coefficient (Wildman–Crippen LogP) is 1.51. The highest BCUT2D eigenvalue weighted by atomic mass is 32.5. The highest BCUT2D eigenvalue weighted by Crippen LogP contribution is 2.50. The number of aromatic amines is 1. The smallest absolute Gasteiger partial charge is 0.330 e. The number of hydrogen-bond acceptors (Lipinski definition) is 9. The van der Waals surface area contributed by atoms with Gasteiger partial charge in [0.1, 0.15) is 20.1 Å². The summed E-state index contributed by atoms with van der Waals surface area (Å²) in [6, 6.07) is 0.389. The molecule has 2 heterocycles. The van der Waals surface area contributed by atoms with Gasteiger partial charge in [0.2, 0.25) is 0 Å². The first-order valence-electron chi connectivity index (χ1n) is 11.8. The first kappa shape index (κ1) is 24.7.